The third-order valence-electron chi connectivity index (χ3n) is 2.41. The van der Waals surface area contributed by atoms with E-state index in [0.717, 1.165) is 0 Å². The molecule has 0 amide bonds. The van der Waals surface area contributed by atoms with Crippen LogP contribution in [0.4, 0.5) is 10.2 Å². The van der Waals surface area contributed by atoms with Gasteiger partial charge in [-0.15, -0.1) is 0 Å². The lowest BCUT2D eigenvalue weighted by molar-refractivity contribution is 0.0583. The highest BCUT2D eigenvalue weighted by Crippen LogP contribution is 2.28. The van der Waals surface area contributed by atoms with Crippen LogP contribution in [0.5, 0.6) is 0 Å². The molecule has 1 aliphatic heterocycles. The lowest BCUT2D eigenvalue weighted by atomic mass is 10.4. The molecule has 2 N–H and O–H groups in total. The quantitative estimate of drug-likeness (QED) is 0.770. The molecule has 1 aliphatic rings. The third-order valence-corrected chi connectivity index (χ3v) is 2.41. The van der Waals surface area contributed by atoms with E-state index >= 15 is 0 Å². The van der Waals surface area contributed by atoms with Crippen molar-refractivity contribution in [1.29, 1.82) is 0 Å². The van der Waals surface area contributed by atoms with Crippen molar-refractivity contribution in [1.82, 2.24) is 19.5 Å². The molecule has 0 unspecified atom stereocenters. The van der Waals surface area contributed by atoms with Crippen LogP contribution in [0, 0.1) is 0 Å². The lowest BCUT2D eigenvalue weighted by Crippen LogP contribution is -2.09. The zero-order valence-electron chi connectivity index (χ0n) is 8.17. The number of nitrogen functional groups attached to an aromatic ring is 1. The van der Waals surface area contributed by atoms with E-state index in [0.29, 0.717) is 11.2 Å². The fourth-order valence-electron chi connectivity index (χ4n) is 1.65. The predicted molar refractivity (Wildman–Crippen MR) is 53.9 cm³/mol. The highest BCUT2D eigenvalue weighted by Gasteiger charge is 2.24. The van der Waals surface area contributed by atoms with Crippen molar-refractivity contribution in [2.45, 2.75) is 6.23 Å². The second kappa shape index (κ2) is 3.24. The van der Waals surface area contributed by atoms with Crippen molar-refractivity contribution in [3.8, 4) is 0 Å². The molecule has 2 aromatic heterocycles. The molecule has 7 heteroatoms. The first-order chi connectivity index (χ1) is 7.77. The Balaban J connectivity index is 2.18. The summed E-state index contributed by atoms with van der Waals surface area (Å²) >= 11 is 0. The molecule has 0 radical (unpaired) electrons. The number of hydrogen-bond donors (Lipinski definition) is 1. The Morgan fingerprint density at radius 3 is 3.06 bits per heavy atom. The van der Waals surface area contributed by atoms with Crippen LogP contribution in [0.15, 0.2) is 24.6 Å². The van der Waals surface area contributed by atoms with Gasteiger partial charge < -0.3 is 10.5 Å². The molecule has 0 saturated carbocycles. The lowest BCUT2D eigenvalue weighted by Gasteiger charge is -2.11. The van der Waals surface area contributed by atoms with Crippen molar-refractivity contribution in [3.05, 3.63) is 24.6 Å². The highest BCUT2D eigenvalue weighted by molar-refractivity contribution is 5.81. The molecule has 2 aromatic rings. The molecule has 0 aromatic carbocycles. The molecule has 0 bridgehead atoms. The van der Waals surface area contributed by atoms with Gasteiger partial charge in [-0.3, -0.25) is 4.57 Å². The van der Waals surface area contributed by atoms with Crippen LogP contribution in [-0.4, -0.2) is 26.1 Å². The van der Waals surface area contributed by atoms with E-state index in [4.69, 9.17) is 10.5 Å². The Kier molecular flexibility index (Phi) is 1.87. The van der Waals surface area contributed by atoms with E-state index in [2.05, 4.69) is 15.0 Å². The average molecular weight is 221 g/mol. The predicted octanol–water partition coefficient (Wildman–Crippen LogP) is 0.791. The van der Waals surface area contributed by atoms with E-state index in [1.807, 2.05) is 0 Å². The van der Waals surface area contributed by atoms with Crippen LogP contribution < -0.4 is 5.73 Å². The summed E-state index contributed by atoms with van der Waals surface area (Å²) in [5.41, 5.74) is 6.54. The zero-order valence-corrected chi connectivity index (χ0v) is 8.17. The van der Waals surface area contributed by atoms with E-state index in [1.54, 1.807) is 0 Å². The van der Waals surface area contributed by atoms with Gasteiger partial charge in [0.15, 0.2) is 17.7 Å². The standard InChI is InChI=1S/C9H8FN5O/c10-5-1-2-16-9(5)15-4-14-6-7(11)12-3-13-8(6)15/h1,3-4,9H,2H2,(H2,11,12,13)/t9-/m1/s1. The summed E-state index contributed by atoms with van der Waals surface area (Å²) in [6.45, 7) is 0.247. The summed E-state index contributed by atoms with van der Waals surface area (Å²) in [7, 11) is 0. The average Bonchev–Trinajstić information content (AvgIpc) is 2.84. The summed E-state index contributed by atoms with van der Waals surface area (Å²) in [6, 6.07) is 0. The summed E-state index contributed by atoms with van der Waals surface area (Å²) < 4.78 is 20.1. The number of imidazole rings is 1. The SMILES string of the molecule is Nc1ncnc2c1ncn2[C@@H]1OCC=C1F. The first-order valence-corrected chi connectivity index (χ1v) is 4.67. The minimum atomic E-state index is -0.792. The summed E-state index contributed by atoms with van der Waals surface area (Å²) in [4.78, 5) is 11.9. The second-order valence-electron chi connectivity index (χ2n) is 3.36. The van der Waals surface area contributed by atoms with Gasteiger partial charge in [0.25, 0.3) is 0 Å². The van der Waals surface area contributed by atoms with Gasteiger partial charge in [-0.2, -0.15) is 0 Å². The summed E-state index contributed by atoms with van der Waals surface area (Å²) in [5, 5.41) is 0. The van der Waals surface area contributed by atoms with Crippen molar-refractivity contribution in [3.63, 3.8) is 0 Å². The van der Waals surface area contributed by atoms with Crippen LogP contribution >= 0.6 is 0 Å². The van der Waals surface area contributed by atoms with Gasteiger partial charge in [0.1, 0.15) is 17.7 Å². The van der Waals surface area contributed by atoms with E-state index in [1.165, 1.54) is 23.3 Å². The summed E-state index contributed by atoms with van der Waals surface area (Å²) in [5.74, 6) is -0.0809. The normalized spacial score (nSPS) is 20.3. The number of aromatic nitrogens is 4. The van der Waals surface area contributed by atoms with Crippen LogP contribution in [-0.2, 0) is 4.74 Å². The van der Waals surface area contributed by atoms with Gasteiger partial charge in [0.05, 0.1) is 12.9 Å². The molecular weight excluding hydrogens is 213 g/mol. The number of ether oxygens (including phenoxy) is 1. The number of nitrogens with zero attached hydrogens (tertiary/aromatic N) is 4. The largest absolute Gasteiger partial charge is 0.382 e. The van der Waals surface area contributed by atoms with Gasteiger partial charge in [-0.1, -0.05) is 0 Å². The number of hydrogen-bond acceptors (Lipinski definition) is 5. The van der Waals surface area contributed by atoms with Gasteiger partial charge in [0, 0.05) is 0 Å². The zero-order chi connectivity index (χ0) is 11.1. The highest BCUT2D eigenvalue weighted by atomic mass is 19.1. The first-order valence-electron chi connectivity index (χ1n) is 4.67. The van der Waals surface area contributed by atoms with Gasteiger partial charge in [-0.05, 0) is 6.08 Å². The maximum absolute atomic E-state index is 13.4. The molecule has 1 atom stereocenters. The maximum atomic E-state index is 13.4. The van der Waals surface area contributed by atoms with Crippen molar-refractivity contribution in [2.24, 2.45) is 0 Å². The van der Waals surface area contributed by atoms with Gasteiger partial charge >= 0.3 is 0 Å². The number of fused-ring (bicyclic) bond motifs is 1. The van der Waals surface area contributed by atoms with Crippen LogP contribution in [0.2, 0.25) is 0 Å². The molecule has 0 saturated heterocycles. The second-order valence-corrected chi connectivity index (χ2v) is 3.36. The van der Waals surface area contributed by atoms with Crippen molar-refractivity contribution < 1.29 is 9.13 Å². The van der Waals surface area contributed by atoms with Crippen LogP contribution in [0.1, 0.15) is 6.23 Å². The van der Waals surface area contributed by atoms with Crippen LogP contribution in [0.3, 0.4) is 0 Å². The molecule has 3 heterocycles. The Morgan fingerprint density at radius 1 is 1.44 bits per heavy atom. The fraction of sp³-hybridized carbons (Fsp3) is 0.222. The van der Waals surface area contributed by atoms with Crippen molar-refractivity contribution in [2.75, 3.05) is 12.3 Å². The number of anilines is 1. The van der Waals surface area contributed by atoms with Gasteiger partial charge in [0.2, 0.25) is 0 Å². The van der Waals surface area contributed by atoms with E-state index in [-0.39, 0.29) is 18.3 Å². The Bertz CT molecular complexity index is 578. The minimum absolute atomic E-state index is 0.247. The smallest absolute Gasteiger partial charge is 0.189 e. The molecule has 16 heavy (non-hydrogen) atoms. The molecule has 6 nitrogen and oxygen atoms in total. The Morgan fingerprint density at radius 2 is 2.31 bits per heavy atom. The topological polar surface area (TPSA) is 78.9 Å². The van der Waals surface area contributed by atoms with Crippen molar-refractivity contribution >= 4 is 17.0 Å². The maximum Gasteiger partial charge on any atom is 0.189 e. The van der Waals surface area contributed by atoms with E-state index in [9.17, 15) is 4.39 Å². The van der Waals surface area contributed by atoms with E-state index < -0.39 is 6.23 Å². The number of halogens is 1. The first kappa shape index (κ1) is 9.22. The molecule has 0 aliphatic carbocycles. The Hall–Kier alpha value is -2.02. The molecule has 0 spiro atoms. The number of nitrogens with two attached hydrogens (primary N) is 1. The molecule has 82 valence electrons. The summed E-state index contributed by atoms with van der Waals surface area (Å²) in [6.07, 6.45) is 3.34. The molecule has 0 fully saturated rings. The molecular formula is C9H8FN5O. The van der Waals surface area contributed by atoms with Crippen LogP contribution in [0.25, 0.3) is 11.2 Å². The fourth-order valence-corrected chi connectivity index (χ4v) is 1.65. The number of rotatable bonds is 1. The Labute approximate surface area is 89.6 Å². The monoisotopic (exact) mass is 221 g/mol. The minimum Gasteiger partial charge on any atom is -0.382 e. The van der Waals surface area contributed by atoms with Gasteiger partial charge in [-0.25, -0.2) is 19.3 Å². The molecule has 3 rings (SSSR count). The third kappa shape index (κ3) is 1.18.